The first-order valence-corrected chi connectivity index (χ1v) is 7.19. The molecule has 6 nitrogen and oxygen atoms in total. The highest BCUT2D eigenvalue weighted by Gasteiger charge is 2.35. The molecule has 3 rings (SSSR count). The Bertz CT molecular complexity index is 668. The molecule has 0 bridgehead atoms. The van der Waals surface area contributed by atoms with Crippen LogP contribution in [0.15, 0.2) is 36.7 Å². The lowest BCUT2D eigenvalue weighted by atomic mass is 10.1. The van der Waals surface area contributed by atoms with Gasteiger partial charge in [-0.3, -0.25) is 4.79 Å². The van der Waals surface area contributed by atoms with Gasteiger partial charge < -0.3 is 15.8 Å². The van der Waals surface area contributed by atoms with Crippen LogP contribution < -0.4 is 15.8 Å². The minimum atomic E-state index is -0.362. The van der Waals surface area contributed by atoms with E-state index in [4.69, 9.17) is 10.5 Å². The van der Waals surface area contributed by atoms with Gasteiger partial charge in [-0.15, -0.1) is 0 Å². The molecule has 1 aromatic carbocycles. The molecule has 1 heterocycles. The predicted molar refractivity (Wildman–Crippen MR) is 83.3 cm³/mol. The third kappa shape index (κ3) is 3.16. The van der Waals surface area contributed by atoms with Crippen molar-refractivity contribution in [1.82, 2.24) is 9.97 Å². The minimum Gasteiger partial charge on any atom is -0.497 e. The molecule has 114 valence electrons. The van der Waals surface area contributed by atoms with E-state index in [1.165, 1.54) is 6.33 Å². The van der Waals surface area contributed by atoms with Crippen LogP contribution in [0.3, 0.4) is 0 Å². The average molecular weight is 298 g/mol. The fraction of sp³-hybridized carbons (Fsp3) is 0.312. The van der Waals surface area contributed by atoms with Gasteiger partial charge in [0.05, 0.1) is 12.8 Å². The number of methoxy groups -OCH3 is 1. The van der Waals surface area contributed by atoms with Gasteiger partial charge in [-0.25, -0.2) is 9.97 Å². The second-order valence-electron chi connectivity index (χ2n) is 5.38. The maximum Gasteiger partial charge on any atom is 0.240 e. The number of nitrogens with zero attached hydrogens (tertiary/aromatic N) is 2. The number of carbonyl (C=O) groups excluding carboxylic acids is 1. The standard InChI is InChI=1S/C16H18N4O2/c1-22-12-6-4-10(5-7-12)13-8-14(19-9-18-13)20-15(16(17)21)11-2-3-11/h4-9,11,15H,2-3H2,1H3,(H2,17,21)(H,18,19,20). The molecule has 6 heteroatoms. The Balaban J connectivity index is 1.80. The fourth-order valence-corrected chi connectivity index (χ4v) is 2.37. The maximum absolute atomic E-state index is 11.5. The van der Waals surface area contributed by atoms with Gasteiger partial charge in [-0.1, -0.05) is 0 Å². The fourth-order valence-electron chi connectivity index (χ4n) is 2.37. The molecule has 1 aliphatic carbocycles. The highest BCUT2D eigenvalue weighted by Crippen LogP contribution is 2.34. The van der Waals surface area contributed by atoms with Gasteiger partial charge in [0.15, 0.2) is 0 Å². The van der Waals surface area contributed by atoms with Gasteiger partial charge >= 0.3 is 0 Å². The van der Waals surface area contributed by atoms with E-state index in [-0.39, 0.29) is 11.9 Å². The van der Waals surface area contributed by atoms with Gasteiger partial charge in [0.1, 0.15) is 23.9 Å². The number of rotatable bonds is 6. The molecule has 1 atom stereocenters. The van der Waals surface area contributed by atoms with E-state index in [2.05, 4.69) is 15.3 Å². The summed E-state index contributed by atoms with van der Waals surface area (Å²) >= 11 is 0. The van der Waals surface area contributed by atoms with Crippen LogP contribution in [0, 0.1) is 5.92 Å². The molecular weight excluding hydrogens is 280 g/mol. The van der Waals surface area contributed by atoms with Crippen molar-refractivity contribution in [1.29, 1.82) is 0 Å². The number of carbonyl (C=O) groups is 1. The van der Waals surface area contributed by atoms with E-state index in [9.17, 15) is 4.79 Å². The monoisotopic (exact) mass is 298 g/mol. The highest BCUT2D eigenvalue weighted by atomic mass is 16.5. The lowest BCUT2D eigenvalue weighted by Crippen LogP contribution is -2.37. The van der Waals surface area contributed by atoms with Crippen LogP contribution in [-0.2, 0) is 4.79 Å². The lowest BCUT2D eigenvalue weighted by molar-refractivity contribution is -0.119. The molecule has 22 heavy (non-hydrogen) atoms. The van der Waals surface area contributed by atoms with Crippen molar-refractivity contribution in [2.45, 2.75) is 18.9 Å². The molecule has 1 amide bonds. The Hall–Kier alpha value is -2.63. The first-order chi connectivity index (χ1) is 10.7. The zero-order chi connectivity index (χ0) is 15.5. The summed E-state index contributed by atoms with van der Waals surface area (Å²) in [5.74, 6) is 1.37. The van der Waals surface area contributed by atoms with Crippen LogP contribution in [0.2, 0.25) is 0 Å². The third-order valence-electron chi connectivity index (χ3n) is 3.76. The quantitative estimate of drug-likeness (QED) is 0.849. The Kier molecular flexibility index (Phi) is 3.91. The summed E-state index contributed by atoms with van der Waals surface area (Å²) in [5, 5.41) is 3.12. The number of anilines is 1. The predicted octanol–water partition coefficient (Wildman–Crippen LogP) is 1.83. The van der Waals surface area contributed by atoms with Crippen molar-refractivity contribution < 1.29 is 9.53 Å². The third-order valence-corrected chi connectivity index (χ3v) is 3.76. The van der Waals surface area contributed by atoms with Crippen molar-refractivity contribution in [3.8, 4) is 17.0 Å². The van der Waals surface area contributed by atoms with Gasteiger partial charge in [0, 0.05) is 11.6 Å². The molecule has 0 radical (unpaired) electrons. The van der Waals surface area contributed by atoms with Gasteiger partial charge in [-0.2, -0.15) is 0 Å². The van der Waals surface area contributed by atoms with Gasteiger partial charge in [0.25, 0.3) is 0 Å². The first-order valence-electron chi connectivity index (χ1n) is 7.19. The second kappa shape index (κ2) is 6.01. The Morgan fingerprint density at radius 2 is 2.05 bits per heavy atom. The van der Waals surface area contributed by atoms with Crippen LogP contribution in [0.5, 0.6) is 5.75 Å². The topological polar surface area (TPSA) is 90.1 Å². The van der Waals surface area contributed by atoms with Crippen LogP contribution in [0.1, 0.15) is 12.8 Å². The van der Waals surface area contributed by atoms with Crippen LogP contribution in [-0.4, -0.2) is 29.0 Å². The number of ether oxygens (including phenoxy) is 1. The Morgan fingerprint density at radius 3 is 2.64 bits per heavy atom. The summed E-state index contributed by atoms with van der Waals surface area (Å²) in [6.45, 7) is 0. The molecule has 1 aliphatic rings. The zero-order valence-corrected chi connectivity index (χ0v) is 12.3. The molecular formula is C16H18N4O2. The molecule has 0 aliphatic heterocycles. The Labute approximate surface area is 128 Å². The van der Waals surface area contributed by atoms with Crippen molar-refractivity contribution >= 4 is 11.7 Å². The normalized spacial score (nSPS) is 15.1. The first kappa shape index (κ1) is 14.3. The average Bonchev–Trinajstić information content (AvgIpc) is 3.37. The highest BCUT2D eigenvalue weighted by molar-refractivity contribution is 5.83. The van der Waals surface area contributed by atoms with E-state index >= 15 is 0 Å². The van der Waals surface area contributed by atoms with E-state index in [0.717, 1.165) is 29.8 Å². The van der Waals surface area contributed by atoms with E-state index in [0.29, 0.717) is 11.7 Å². The summed E-state index contributed by atoms with van der Waals surface area (Å²) < 4.78 is 5.14. The molecule has 1 unspecified atom stereocenters. The maximum atomic E-state index is 11.5. The molecule has 0 saturated heterocycles. The number of hydrogen-bond donors (Lipinski definition) is 2. The Morgan fingerprint density at radius 1 is 1.32 bits per heavy atom. The second-order valence-corrected chi connectivity index (χ2v) is 5.38. The SMILES string of the molecule is COc1ccc(-c2cc(NC(C(N)=O)C3CC3)ncn2)cc1. The van der Waals surface area contributed by atoms with Crippen LogP contribution in [0.4, 0.5) is 5.82 Å². The number of aromatic nitrogens is 2. The van der Waals surface area contributed by atoms with Crippen LogP contribution in [0.25, 0.3) is 11.3 Å². The minimum absolute atomic E-state index is 0.317. The van der Waals surface area contributed by atoms with Gasteiger partial charge in [-0.05, 0) is 43.0 Å². The van der Waals surface area contributed by atoms with E-state index in [1.54, 1.807) is 7.11 Å². The summed E-state index contributed by atoms with van der Waals surface area (Å²) in [6.07, 6.45) is 3.53. The van der Waals surface area contributed by atoms with Crippen molar-refractivity contribution in [2.24, 2.45) is 11.7 Å². The number of hydrogen-bond acceptors (Lipinski definition) is 5. The number of nitrogens with two attached hydrogens (primary N) is 1. The molecule has 2 aromatic rings. The number of amides is 1. The smallest absolute Gasteiger partial charge is 0.240 e. The summed E-state index contributed by atoms with van der Waals surface area (Å²) in [4.78, 5) is 20.0. The molecule has 0 spiro atoms. The molecule has 3 N–H and O–H groups in total. The van der Waals surface area contributed by atoms with Crippen molar-refractivity contribution in [3.05, 3.63) is 36.7 Å². The largest absolute Gasteiger partial charge is 0.497 e. The molecule has 1 aromatic heterocycles. The van der Waals surface area contributed by atoms with Crippen molar-refractivity contribution in [2.75, 3.05) is 12.4 Å². The molecule has 1 saturated carbocycles. The van der Waals surface area contributed by atoms with Gasteiger partial charge in [0.2, 0.25) is 5.91 Å². The summed E-state index contributed by atoms with van der Waals surface area (Å²) in [5.41, 5.74) is 7.18. The summed E-state index contributed by atoms with van der Waals surface area (Å²) in [6, 6.07) is 9.07. The van der Waals surface area contributed by atoms with Crippen LogP contribution >= 0.6 is 0 Å². The number of primary amides is 1. The van der Waals surface area contributed by atoms with E-state index in [1.807, 2.05) is 30.3 Å². The van der Waals surface area contributed by atoms with E-state index < -0.39 is 0 Å². The lowest BCUT2D eigenvalue weighted by Gasteiger charge is -2.15. The number of nitrogens with one attached hydrogen (secondary N) is 1. The zero-order valence-electron chi connectivity index (χ0n) is 12.3. The summed E-state index contributed by atoms with van der Waals surface area (Å²) in [7, 11) is 1.63. The number of benzene rings is 1. The molecule has 1 fully saturated rings. The van der Waals surface area contributed by atoms with Crippen molar-refractivity contribution in [3.63, 3.8) is 0 Å².